The Kier molecular flexibility index (Phi) is 3.17. The predicted molar refractivity (Wildman–Crippen MR) is 46.2 cm³/mol. The highest BCUT2D eigenvalue weighted by molar-refractivity contribution is 5.04. The maximum Gasteiger partial charge on any atom is 0.141 e. The lowest BCUT2D eigenvalue weighted by atomic mass is 10.3. The van der Waals surface area contributed by atoms with Gasteiger partial charge in [-0.15, -0.1) is 0 Å². The summed E-state index contributed by atoms with van der Waals surface area (Å²) in [7, 11) is 0. The minimum absolute atomic E-state index is 0.289. The quantitative estimate of drug-likeness (QED) is 0.743. The van der Waals surface area contributed by atoms with Crippen LogP contribution in [0.2, 0.25) is 0 Å². The number of nitrogens with one attached hydrogen (secondary N) is 1. The van der Waals surface area contributed by atoms with Crippen LogP contribution in [0.15, 0.2) is 18.3 Å². The number of hydrogen-bond acceptors (Lipinski definition) is 2. The highest BCUT2D eigenvalue weighted by Crippen LogP contribution is 1.97. The van der Waals surface area contributed by atoms with Crippen LogP contribution in [0.25, 0.3) is 0 Å². The van der Waals surface area contributed by atoms with Crippen molar-refractivity contribution in [3.8, 4) is 0 Å². The molecule has 0 fully saturated rings. The molecule has 0 bridgehead atoms. The molecule has 0 amide bonds. The molecule has 0 aromatic carbocycles. The van der Waals surface area contributed by atoms with Crippen molar-refractivity contribution in [2.24, 2.45) is 0 Å². The third-order valence-corrected chi connectivity index (χ3v) is 1.48. The second kappa shape index (κ2) is 4.16. The van der Waals surface area contributed by atoms with Gasteiger partial charge in [0.05, 0.1) is 11.9 Å². The summed E-state index contributed by atoms with van der Waals surface area (Å²) in [6, 6.07) is 3.53. The first kappa shape index (κ1) is 9.13. The third-order valence-electron chi connectivity index (χ3n) is 1.48. The Labute approximate surface area is 71.8 Å². The standard InChI is InChI=1S/C9H13FN2/c1-7(2)11-6-9-4-3-8(10)5-12-9/h3-5,7,11H,6H2,1-2H3. The molecule has 1 aromatic rings. The molecule has 12 heavy (non-hydrogen) atoms. The Bertz CT molecular complexity index is 231. The summed E-state index contributed by atoms with van der Waals surface area (Å²) < 4.78 is 12.4. The summed E-state index contributed by atoms with van der Waals surface area (Å²) in [5, 5.41) is 3.20. The zero-order chi connectivity index (χ0) is 8.97. The fraction of sp³-hybridized carbons (Fsp3) is 0.444. The molecular formula is C9H13FN2. The van der Waals surface area contributed by atoms with Crippen molar-refractivity contribution in [1.82, 2.24) is 10.3 Å². The second-order valence-corrected chi connectivity index (χ2v) is 3.00. The Morgan fingerprint density at radius 1 is 1.50 bits per heavy atom. The van der Waals surface area contributed by atoms with Gasteiger partial charge in [0.1, 0.15) is 5.82 Å². The molecule has 0 spiro atoms. The Morgan fingerprint density at radius 2 is 2.25 bits per heavy atom. The summed E-state index contributed by atoms with van der Waals surface area (Å²) in [4.78, 5) is 3.91. The van der Waals surface area contributed by atoms with Crippen LogP contribution in [-0.2, 0) is 6.54 Å². The SMILES string of the molecule is CC(C)NCc1ccc(F)cn1. The average Bonchev–Trinajstić information content (AvgIpc) is 2.03. The molecule has 0 aliphatic carbocycles. The zero-order valence-electron chi connectivity index (χ0n) is 7.34. The Morgan fingerprint density at radius 3 is 2.75 bits per heavy atom. The maximum atomic E-state index is 12.4. The monoisotopic (exact) mass is 168 g/mol. The topological polar surface area (TPSA) is 24.9 Å². The number of halogens is 1. The van der Waals surface area contributed by atoms with Crippen molar-refractivity contribution < 1.29 is 4.39 Å². The molecule has 1 N–H and O–H groups in total. The fourth-order valence-electron chi connectivity index (χ4n) is 0.820. The summed E-state index contributed by atoms with van der Waals surface area (Å²) in [5.74, 6) is -0.289. The van der Waals surface area contributed by atoms with E-state index < -0.39 is 0 Å². The van der Waals surface area contributed by atoms with E-state index in [1.54, 1.807) is 6.07 Å². The third kappa shape index (κ3) is 2.96. The molecule has 2 nitrogen and oxygen atoms in total. The van der Waals surface area contributed by atoms with Gasteiger partial charge in [-0.2, -0.15) is 0 Å². The van der Waals surface area contributed by atoms with E-state index in [-0.39, 0.29) is 5.82 Å². The molecule has 66 valence electrons. The van der Waals surface area contributed by atoms with Gasteiger partial charge < -0.3 is 5.32 Å². The number of rotatable bonds is 3. The number of pyridine rings is 1. The van der Waals surface area contributed by atoms with Crippen molar-refractivity contribution in [2.45, 2.75) is 26.4 Å². The van der Waals surface area contributed by atoms with Gasteiger partial charge in [0.25, 0.3) is 0 Å². The van der Waals surface area contributed by atoms with E-state index in [2.05, 4.69) is 24.1 Å². The summed E-state index contributed by atoms with van der Waals surface area (Å²) in [5.41, 5.74) is 0.866. The van der Waals surface area contributed by atoms with Gasteiger partial charge in [0, 0.05) is 12.6 Å². The number of hydrogen-bond donors (Lipinski definition) is 1. The summed E-state index contributed by atoms with van der Waals surface area (Å²) >= 11 is 0. The van der Waals surface area contributed by atoms with Crippen LogP contribution in [-0.4, -0.2) is 11.0 Å². The molecule has 0 saturated carbocycles. The molecule has 3 heteroatoms. The van der Waals surface area contributed by atoms with Gasteiger partial charge >= 0.3 is 0 Å². The van der Waals surface area contributed by atoms with E-state index in [0.29, 0.717) is 12.6 Å². The molecule has 0 unspecified atom stereocenters. The van der Waals surface area contributed by atoms with E-state index in [1.165, 1.54) is 12.3 Å². The Hall–Kier alpha value is -0.960. The lowest BCUT2D eigenvalue weighted by Gasteiger charge is -2.06. The molecule has 0 aliphatic heterocycles. The highest BCUT2D eigenvalue weighted by atomic mass is 19.1. The van der Waals surface area contributed by atoms with Gasteiger partial charge in [-0.3, -0.25) is 4.98 Å². The molecule has 1 rings (SSSR count). The molecule has 0 radical (unpaired) electrons. The van der Waals surface area contributed by atoms with Crippen molar-refractivity contribution in [1.29, 1.82) is 0 Å². The predicted octanol–water partition coefficient (Wildman–Crippen LogP) is 1.72. The van der Waals surface area contributed by atoms with Gasteiger partial charge in [0.2, 0.25) is 0 Å². The summed E-state index contributed by atoms with van der Waals surface area (Å²) in [6.45, 7) is 4.81. The van der Waals surface area contributed by atoms with Crippen molar-refractivity contribution in [3.05, 3.63) is 29.8 Å². The van der Waals surface area contributed by atoms with Crippen molar-refractivity contribution in [3.63, 3.8) is 0 Å². The zero-order valence-corrected chi connectivity index (χ0v) is 7.34. The largest absolute Gasteiger partial charge is 0.309 e. The maximum absolute atomic E-state index is 12.4. The Balaban J connectivity index is 2.48. The lowest BCUT2D eigenvalue weighted by molar-refractivity contribution is 0.575. The molecule has 0 saturated heterocycles. The van der Waals surface area contributed by atoms with Crippen LogP contribution in [0, 0.1) is 5.82 Å². The van der Waals surface area contributed by atoms with E-state index in [0.717, 1.165) is 5.69 Å². The molecule has 1 aromatic heterocycles. The van der Waals surface area contributed by atoms with Crippen LogP contribution < -0.4 is 5.32 Å². The minimum atomic E-state index is -0.289. The van der Waals surface area contributed by atoms with E-state index in [9.17, 15) is 4.39 Å². The second-order valence-electron chi connectivity index (χ2n) is 3.00. The molecule has 0 atom stereocenters. The van der Waals surface area contributed by atoms with Crippen LogP contribution >= 0.6 is 0 Å². The molecular weight excluding hydrogens is 155 g/mol. The lowest BCUT2D eigenvalue weighted by Crippen LogP contribution is -2.22. The first-order valence-electron chi connectivity index (χ1n) is 4.02. The summed E-state index contributed by atoms with van der Waals surface area (Å²) in [6.07, 6.45) is 1.23. The average molecular weight is 168 g/mol. The highest BCUT2D eigenvalue weighted by Gasteiger charge is 1.96. The number of nitrogens with zero attached hydrogens (tertiary/aromatic N) is 1. The normalized spacial score (nSPS) is 10.7. The van der Waals surface area contributed by atoms with Gasteiger partial charge in [-0.25, -0.2) is 4.39 Å². The minimum Gasteiger partial charge on any atom is -0.309 e. The van der Waals surface area contributed by atoms with Gasteiger partial charge in [-0.1, -0.05) is 13.8 Å². The first-order valence-corrected chi connectivity index (χ1v) is 4.02. The van der Waals surface area contributed by atoms with Crippen LogP contribution in [0.4, 0.5) is 4.39 Å². The van der Waals surface area contributed by atoms with Gasteiger partial charge in [0.15, 0.2) is 0 Å². The molecule has 0 aliphatic rings. The van der Waals surface area contributed by atoms with Crippen LogP contribution in [0.5, 0.6) is 0 Å². The van der Waals surface area contributed by atoms with Crippen LogP contribution in [0.1, 0.15) is 19.5 Å². The van der Waals surface area contributed by atoms with E-state index in [1.807, 2.05) is 0 Å². The fourth-order valence-corrected chi connectivity index (χ4v) is 0.820. The smallest absolute Gasteiger partial charge is 0.141 e. The van der Waals surface area contributed by atoms with Crippen molar-refractivity contribution in [2.75, 3.05) is 0 Å². The number of aromatic nitrogens is 1. The van der Waals surface area contributed by atoms with E-state index in [4.69, 9.17) is 0 Å². The molecule has 1 heterocycles. The van der Waals surface area contributed by atoms with Crippen LogP contribution in [0.3, 0.4) is 0 Å². The van der Waals surface area contributed by atoms with E-state index >= 15 is 0 Å². The van der Waals surface area contributed by atoms with Gasteiger partial charge in [-0.05, 0) is 12.1 Å². The van der Waals surface area contributed by atoms with Crippen molar-refractivity contribution >= 4 is 0 Å². The first-order chi connectivity index (χ1) is 5.68.